The Morgan fingerprint density at radius 2 is 1.82 bits per heavy atom. The molecule has 9 heteroatoms. The Balaban J connectivity index is 1.54. The van der Waals surface area contributed by atoms with Crippen molar-refractivity contribution in [1.82, 2.24) is 34.7 Å². The molecule has 0 spiro atoms. The largest absolute Gasteiger partial charge is 0.495 e. The topological polar surface area (TPSA) is 104 Å². The van der Waals surface area contributed by atoms with E-state index in [2.05, 4.69) is 83.6 Å². The minimum Gasteiger partial charge on any atom is -0.495 e. The molecule has 5 aromatic rings. The summed E-state index contributed by atoms with van der Waals surface area (Å²) in [5.41, 5.74) is 6.48. The van der Waals surface area contributed by atoms with E-state index in [1.165, 1.54) is 0 Å². The Labute approximate surface area is 233 Å². The number of aromatic nitrogens is 7. The van der Waals surface area contributed by atoms with Gasteiger partial charge in [0, 0.05) is 29.8 Å². The summed E-state index contributed by atoms with van der Waals surface area (Å²) < 4.78 is 9.40. The lowest BCUT2D eigenvalue weighted by molar-refractivity contribution is 0.410. The predicted octanol–water partition coefficient (Wildman–Crippen LogP) is 5.58. The molecule has 0 fully saturated rings. The second-order valence-corrected chi connectivity index (χ2v) is 10.9. The van der Waals surface area contributed by atoms with Crippen LogP contribution in [0.4, 0.5) is 0 Å². The fourth-order valence-electron chi connectivity index (χ4n) is 5.03. The molecule has 0 unspecified atom stereocenters. The van der Waals surface area contributed by atoms with Gasteiger partial charge in [0.05, 0.1) is 19.3 Å². The Kier molecular flexibility index (Phi) is 7.64. The maximum atomic E-state index is 14.0. The number of aryl methyl sites for hydroxylation is 1. The number of benzene rings is 2. The van der Waals surface area contributed by atoms with Crippen molar-refractivity contribution in [3.05, 3.63) is 94.4 Å². The van der Waals surface area contributed by atoms with E-state index in [1.54, 1.807) is 24.1 Å². The molecular weight excluding hydrogens is 502 g/mol. The number of methoxy groups -OCH3 is 1. The number of nitrogens with zero attached hydrogens (tertiary/aromatic N) is 6. The third-order valence-corrected chi connectivity index (χ3v) is 7.14. The van der Waals surface area contributed by atoms with E-state index in [0.29, 0.717) is 18.1 Å². The molecule has 206 valence electrons. The molecule has 2 aromatic carbocycles. The lowest BCUT2D eigenvalue weighted by Gasteiger charge is -2.24. The van der Waals surface area contributed by atoms with Crippen molar-refractivity contribution in [2.24, 2.45) is 0 Å². The van der Waals surface area contributed by atoms with Crippen molar-refractivity contribution in [2.45, 2.75) is 58.9 Å². The van der Waals surface area contributed by atoms with Crippen LogP contribution in [0.2, 0.25) is 0 Å². The van der Waals surface area contributed by atoms with Crippen LogP contribution >= 0.6 is 0 Å². The fourth-order valence-corrected chi connectivity index (χ4v) is 5.03. The molecule has 0 saturated carbocycles. The van der Waals surface area contributed by atoms with Crippen LogP contribution in [0.3, 0.4) is 0 Å². The molecule has 0 saturated heterocycles. The molecule has 0 radical (unpaired) electrons. The van der Waals surface area contributed by atoms with E-state index in [-0.39, 0.29) is 11.1 Å². The minimum atomic E-state index is -0.168. The smallest absolute Gasteiger partial charge is 0.333 e. The number of H-pyrrole nitrogens is 1. The number of aromatic amines is 1. The molecule has 3 heterocycles. The first kappa shape index (κ1) is 27.1. The van der Waals surface area contributed by atoms with Crippen molar-refractivity contribution in [3.8, 4) is 34.0 Å². The highest BCUT2D eigenvalue weighted by molar-refractivity contribution is 5.79. The second-order valence-electron chi connectivity index (χ2n) is 10.9. The van der Waals surface area contributed by atoms with Crippen LogP contribution in [-0.2, 0) is 18.4 Å². The van der Waals surface area contributed by atoms with Gasteiger partial charge in [-0.15, -0.1) is 5.10 Å². The fraction of sp³-hybridized carbons (Fsp3) is 0.323. The van der Waals surface area contributed by atoms with Crippen LogP contribution in [0.25, 0.3) is 28.2 Å². The first-order valence-corrected chi connectivity index (χ1v) is 13.6. The van der Waals surface area contributed by atoms with E-state index < -0.39 is 0 Å². The van der Waals surface area contributed by atoms with Crippen molar-refractivity contribution < 1.29 is 4.74 Å². The van der Waals surface area contributed by atoms with Crippen molar-refractivity contribution in [2.75, 3.05) is 7.11 Å². The summed E-state index contributed by atoms with van der Waals surface area (Å²) in [6.45, 7) is 9.10. The Bertz CT molecular complexity index is 1640. The average molecular weight is 538 g/mol. The standard InChI is InChI=1S/C31H35N7O2/c1-6-7-9-23-20-38(28-26(31(2,3)4)10-8-11-27(28)40-5)30(39)37(23)19-21-12-14-22(15-13-21)24-16-17-32-18-25(24)29-33-35-36-34-29/h8,10-18,20H,6-7,9,19H2,1-5H3,(H,33,34,35,36). The van der Waals surface area contributed by atoms with Gasteiger partial charge in [0.1, 0.15) is 5.75 Å². The normalized spacial score (nSPS) is 11.6. The molecule has 9 nitrogen and oxygen atoms in total. The van der Waals surface area contributed by atoms with Gasteiger partial charge in [0.2, 0.25) is 0 Å². The van der Waals surface area contributed by atoms with Gasteiger partial charge in [0.15, 0.2) is 5.82 Å². The maximum Gasteiger partial charge on any atom is 0.333 e. The van der Waals surface area contributed by atoms with Crippen molar-refractivity contribution in [1.29, 1.82) is 0 Å². The van der Waals surface area contributed by atoms with Crippen LogP contribution in [-0.4, -0.2) is 41.9 Å². The van der Waals surface area contributed by atoms with Gasteiger partial charge < -0.3 is 4.74 Å². The minimum absolute atomic E-state index is 0.0700. The highest BCUT2D eigenvalue weighted by Gasteiger charge is 2.25. The number of pyridine rings is 1. The molecule has 1 N–H and O–H groups in total. The van der Waals surface area contributed by atoms with Gasteiger partial charge in [-0.3, -0.25) is 14.1 Å². The van der Waals surface area contributed by atoms with Crippen molar-refractivity contribution in [3.63, 3.8) is 0 Å². The number of rotatable bonds is 9. The molecule has 0 amide bonds. The molecule has 0 aliphatic heterocycles. The molecule has 0 atom stereocenters. The van der Waals surface area contributed by atoms with E-state index in [0.717, 1.165) is 58.5 Å². The van der Waals surface area contributed by atoms with Crippen LogP contribution in [0, 0.1) is 0 Å². The Hall–Kier alpha value is -4.53. The lowest BCUT2D eigenvalue weighted by atomic mass is 9.85. The Morgan fingerprint density at radius 3 is 2.50 bits per heavy atom. The van der Waals surface area contributed by atoms with E-state index in [9.17, 15) is 4.79 Å². The summed E-state index contributed by atoms with van der Waals surface area (Å²) >= 11 is 0. The maximum absolute atomic E-state index is 14.0. The van der Waals surface area contributed by atoms with E-state index >= 15 is 0 Å². The number of hydrogen-bond donors (Lipinski definition) is 1. The molecule has 5 rings (SSSR count). The van der Waals surface area contributed by atoms with Gasteiger partial charge in [-0.05, 0) is 63.1 Å². The van der Waals surface area contributed by atoms with Gasteiger partial charge >= 0.3 is 5.69 Å². The molecule has 0 aliphatic rings. The highest BCUT2D eigenvalue weighted by atomic mass is 16.5. The zero-order chi connectivity index (χ0) is 28.3. The molecule has 3 aromatic heterocycles. The van der Waals surface area contributed by atoms with Crippen molar-refractivity contribution >= 4 is 0 Å². The third kappa shape index (κ3) is 5.32. The first-order valence-electron chi connectivity index (χ1n) is 13.6. The van der Waals surface area contributed by atoms with E-state index in [1.807, 2.05) is 29.0 Å². The number of unbranched alkanes of at least 4 members (excludes halogenated alkanes) is 1. The number of ether oxygens (including phenoxy) is 1. The quantitative estimate of drug-likeness (QED) is 0.263. The summed E-state index contributed by atoms with van der Waals surface area (Å²) in [4.78, 5) is 18.3. The SMILES string of the molecule is CCCCc1cn(-c2c(OC)cccc2C(C)(C)C)c(=O)n1Cc1ccc(-c2ccncc2-c2nnn[nH]2)cc1. The van der Waals surface area contributed by atoms with Crippen LogP contribution in [0.1, 0.15) is 57.4 Å². The summed E-state index contributed by atoms with van der Waals surface area (Å²) in [6.07, 6.45) is 8.36. The van der Waals surface area contributed by atoms with Crippen LogP contribution in [0.15, 0.2) is 71.9 Å². The number of hydrogen-bond acceptors (Lipinski definition) is 6. The number of imidazole rings is 1. The zero-order valence-electron chi connectivity index (χ0n) is 23.7. The second kappa shape index (κ2) is 11.3. The highest BCUT2D eigenvalue weighted by Crippen LogP contribution is 2.34. The van der Waals surface area contributed by atoms with Crippen LogP contribution in [0.5, 0.6) is 5.75 Å². The lowest BCUT2D eigenvalue weighted by Crippen LogP contribution is -2.27. The summed E-state index contributed by atoms with van der Waals surface area (Å²) in [5, 5.41) is 14.2. The summed E-state index contributed by atoms with van der Waals surface area (Å²) in [7, 11) is 1.65. The monoisotopic (exact) mass is 537 g/mol. The molecular formula is C31H35N7O2. The average Bonchev–Trinajstić information content (AvgIpc) is 3.60. The number of tetrazole rings is 1. The molecule has 40 heavy (non-hydrogen) atoms. The summed E-state index contributed by atoms with van der Waals surface area (Å²) in [6, 6.07) is 16.2. The van der Waals surface area contributed by atoms with Crippen LogP contribution < -0.4 is 10.4 Å². The molecule has 0 aliphatic carbocycles. The van der Waals surface area contributed by atoms with E-state index in [4.69, 9.17) is 4.74 Å². The zero-order valence-corrected chi connectivity index (χ0v) is 23.7. The summed E-state index contributed by atoms with van der Waals surface area (Å²) in [5.74, 6) is 1.25. The first-order chi connectivity index (χ1) is 19.3. The van der Waals surface area contributed by atoms with Gasteiger partial charge in [-0.1, -0.05) is 70.5 Å². The third-order valence-electron chi connectivity index (χ3n) is 7.14. The Morgan fingerprint density at radius 1 is 1.02 bits per heavy atom. The molecule has 0 bridgehead atoms. The van der Waals surface area contributed by atoms with Gasteiger partial charge in [-0.25, -0.2) is 9.89 Å². The number of nitrogens with one attached hydrogen (secondary N) is 1. The van der Waals surface area contributed by atoms with Gasteiger partial charge in [0.25, 0.3) is 0 Å². The predicted molar refractivity (Wildman–Crippen MR) is 156 cm³/mol. The van der Waals surface area contributed by atoms with Gasteiger partial charge in [-0.2, -0.15) is 0 Å². The number of para-hydroxylation sites is 1.